The lowest BCUT2D eigenvalue weighted by Gasteiger charge is -2.08. The zero-order valence-electron chi connectivity index (χ0n) is 7.33. The molecule has 13 heavy (non-hydrogen) atoms. The van der Waals surface area contributed by atoms with Gasteiger partial charge in [-0.3, -0.25) is 0 Å². The summed E-state index contributed by atoms with van der Waals surface area (Å²) in [7, 11) is 1.31. The van der Waals surface area contributed by atoms with Crippen LogP contribution in [-0.4, -0.2) is 7.11 Å². The molecule has 0 N–H and O–H groups in total. The fourth-order valence-electron chi connectivity index (χ4n) is 1.08. The van der Waals surface area contributed by atoms with E-state index in [0.29, 0.717) is 0 Å². The van der Waals surface area contributed by atoms with E-state index in [4.69, 9.17) is 16.3 Å². The fourth-order valence-corrected chi connectivity index (χ4v) is 1.33. The van der Waals surface area contributed by atoms with Crippen LogP contribution in [0.15, 0.2) is 6.07 Å². The number of methoxy groups -OCH3 is 1. The van der Waals surface area contributed by atoms with E-state index in [0.717, 1.165) is 6.07 Å². The molecule has 0 heterocycles. The molecule has 72 valence electrons. The van der Waals surface area contributed by atoms with Gasteiger partial charge in [0.2, 0.25) is 0 Å². The highest BCUT2D eigenvalue weighted by molar-refractivity contribution is 6.32. The quantitative estimate of drug-likeness (QED) is 0.676. The zero-order valence-corrected chi connectivity index (χ0v) is 8.08. The molecule has 1 aromatic rings. The maximum Gasteiger partial charge on any atom is 0.151 e. The molecular weight excluding hydrogens is 198 g/mol. The highest BCUT2D eigenvalue weighted by Gasteiger charge is 2.15. The monoisotopic (exact) mass is 206 g/mol. The van der Waals surface area contributed by atoms with E-state index in [1.165, 1.54) is 7.11 Å². The third-order valence-electron chi connectivity index (χ3n) is 1.79. The van der Waals surface area contributed by atoms with Crippen LogP contribution in [0.5, 0.6) is 5.75 Å². The van der Waals surface area contributed by atoms with Gasteiger partial charge < -0.3 is 4.74 Å². The maximum atomic E-state index is 13.3. The predicted molar refractivity (Wildman–Crippen MR) is 47.3 cm³/mol. The van der Waals surface area contributed by atoms with Crippen LogP contribution in [0.1, 0.15) is 12.5 Å². The lowest BCUT2D eigenvalue weighted by Crippen LogP contribution is -1.97. The summed E-state index contributed by atoms with van der Waals surface area (Å²) < 4.78 is 31.1. The molecule has 4 heteroatoms. The van der Waals surface area contributed by atoms with Gasteiger partial charge in [0, 0.05) is 11.6 Å². The van der Waals surface area contributed by atoms with Crippen LogP contribution >= 0.6 is 11.6 Å². The number of ether oxygens (including phenoxy) is 1. The molecule has 0 fully saturated rings. The Morgan fingerprint density at radius 1 is 1.46 bits per heavy atom. The molecule has 0 aliphatic heterocycles. The Bertz CT molecular complexity index is 326. The van der Waals surface area contributed by atoms with E-state index in [9.17, 15) is 8.78 Å². The van der Waals surface area contributed by atoms with Crippen molar-refractivity contribution in [2.75, 3.05) is 7.11 Å². The van der Waals surface area contributed by atoms with Gasteiger partial charge in [-0.1, -0.05) is 18.5 Å². The van der Waals surface area contributed by atoms with Crippen molar-refractivity contribution in [3.63, 3.8) is 0 Å². The first-order valence-corrected chi connectivity index (χ1v) is 4.20. The second-order valence-electron chi connectivity index (χ2n) is 2.52. The predicted octanol–water partition coefficient (Wildman–Crippen LogP) is 3.19. The largest absolute Gasteiger partial charge is 0.495 e. The summed E-state index contributed by atoms with van der Waals surface area (Å²) in [5, 5.41) is -0.166. The first-order valence-electron chi connectivity index (χ1n) is 3.82. The Labute approximate surface area is 80.3 Å². The second kappa shape index (κ2) is 3.92. The van der Waals surface area contributed by atoms with Crippen molar-refractivity contribution in [2.45, 2.75) is 13.3 Å². The molecule has 1 nitrogen and oxygen atoms in total. The van der Waals surface area contributed by atoms with Gasteiger partial charge in [0.15, 0.2) is 5.82 Å². The second-order valence-corrected chi connectivity index (χ2v) is 2.90. The Balaban J connectivity index is 3.37. The standard InChI is InChI=1S/C9H9ClF2O/c1-3-5-6(11)4-7(13-2)8(10)9(5)12/h4H,3H2,1-2H3. The smallest absolute Gasteiger partial charge is 0.151 e. The van der Waals surface area contributed by atoms with Gasteiger partial charge in [-0.05, 0) is 6.42 Å². The van der Waals surface area contributed by atoms with Crippen molar-refractivity contribution < 1.29 is 13.5 Å². The average Bonchev–Trinajstić information content (AvgIpc) is 2.12. The van der Waals surface area contributed by atoms with Gasteiger partial charge in [0.1, 0.15) is 16.6 Å². The summed E-state index contributed by atoms with van der Waals surface area (Å²) in [4.78, 5) is 0. The van der Waals surface area contributed by atoms with Gasteiger partial charge in [0.05, 0.1) is 7.11 Å². The molecule has 0 atom stereocenters. The SMILES string of the molecule is CCc1c(F)cc(OC)c(Cl)c1F. The van der Waals surface area contributed by atoms with Crippen LogP contribution in [-0.2, 0) is 6.42 Å². The van der Waals surface area contributed by atoms with Crippen molar-refractivity contribution in [1.82, 2.24) is 0 Å². The maximum absolute atomic E-state index is 13.3. The third-order valence-corrected chi connectivity index (χ3v) is 2.15. The number of rotatable bonds is 2. The molecule has 1 aromatic carbocycles. The van der Waals surface area contributed by atoms with Crippen LogP contribution in [0.4, 0.5) is 8.78 Å². The van der Waals surface area contributed by atoms with Crippen LogP contribution in [0, 0.1) is 11.6 Å². The topological polar surface area (TPSA) is 9.23 Å². The molecular formula is C9H9ClF2O. The van der Waals surface area contributed by atoms with Gasteiger partial charge in [-0.25, -0.2) is 8.78 Å². The molecule has 0 unspecified atom stereocenters. The van der Waals surface area contributed by atoms with Crippen molar-refractivity contribution in [2.24, 2.45) is 0 Å². The first kappa shape index (κ1) is 10.3. The average molecular weight is 207 g/mol. The van der Waals surface area contributed by atoms with E-state index < -0.39 is 11.6 Å². The summed E-state index contributed by atoms with van der Waals surface area (Å²) >= 11 is 5.58. The highest BCUT2D eigenvalue weighted by Crippen LogP contribution is 2.31. The molecule has 0 radical (unpaired) electrons. The third kappa shape index (κ3) is 1.75. The van der Waals surface area contributed by atoms with Crippen molar-refractivity contribution in [1.29, 1.82) is 0 Å². The molecule has 0 saturated carbocycles. The summed E-state index contributed by atoms with van der Waals surface area (Å²) in [6.07, 6.45) is 0.265. The van der Waals surface area contributed by atoms with E-state index in [1.54, 1.807) is 6.92 Å². The normalized spacial score (nSPS) is 10.2. The summed E-state index contributed by atoms with van der Waals surface area (Å²) in [5.74, 6) is -1.34. The van der Waals surface area contributed by atoms with Crippen LogP contribution < -0.4 is 4.74 Å². The number of halogens is 3. The lowest BCUT2D eigenvalue weighted by molar-refractivity contribution is 0.405. The van der Waals surface area contributed by atoms with E-state index >= 15 is 0 Å². The van der Waals surface area contributed by atoms with E-state index in [2.05, 4.69) is 0 Å². The van der Waals surface area contributed by atoms with Crippen LogP contribution in [0.25, 0.3) is 0 Å². The van der Waals surface area contributed by atoms with Gasteiger partial charge in [-0.2, -0.15) is 0 Å². The fraction of sp³-hybridized carbons (Fsp3) is 0.333. The van der Waals surface area contributed by atoms with E-state index in [1.807, 2.05) is 0 Å². The van der Waals surface area contributed by atoms with Crippen molar-refractivity contribution >= 4 is 11.6 Å². The van der Waals surface area contributed by atoms with Crippen LogP contribution in [0.2, 0.25) is 5.02 Å². The van der Waals surface area contributed by atoms with Crippen molar-refractivity contribution in [3.8, 4) is 5.75 Å². The number of hydrogen-bond acceptors (Lipinski definition) is 1. The Morgan fingerprint density at radius 3 is 2.54 bits per heavy atom. The summed E-state index contributed by atoms with van der Waals surface area (Å²) in [5.41, 5.74) is -0.00852. The molecule has 0 aliphatic rings. The molecule has 0 spiro atoms. The Morgan fingerprint density at radius 2 is 2.08 bits per heavy atom. The van der Waals surface area contributed by atoms with E-state index in [-0.39, 0.29) is 22.8 Å². The van der Waals surface area contributed by atoms with Crippen molar-refractivity contribution in [3.05, 3.63) is 28.3 Å². The Kier molecular flexibility index (Phi) is 3.09. The minimum atomic E-state index is -0.735. The molecule has 0 aromatic heterocycles. The highest BCUT2D eigenvalue weighted by atomic mass is 35.5. The van der Waals surface area contributed by atoms with Gasteiger partial charge in [-0.15, -0.1) is 0 Å². The van der Waals surface area contributed by atoms with Crippen LogP contribution in [0.3, 0.4) is 0 Å². The minimum Gasteiger partial charge on any atom is -0.495 e. The molecule has 0 aliphatic carbocycles. The summed E-state index contributed by atoms with van der Waals surface area (Å²) in [6, 6.07) is 1.09. The lowest BCUT2D eigenvalue weighted by atomic mass is 10.1. The zero-order chi connectivity index (χ0) is 10.0. The molecule has 0 bridgehead atoms. The minimum absolute atomic E-state index is 0.00852. The van der Waals surface area contributed by atoms with Gasteiger partial charge >= 0.3 is 0 Å². The molecule has 0 amide bonds. The number of hydrogen-bond donors (Lipinski definition) is 0. The first-order chi connectivity index (χ1) is 6.11. The molecule has 0 saturated heterocycles. The summed E-state index contributed by atoms with van der Waals surface area (Å²) in [6.45, 7) is 1.66. The molecule has 1 rings (SSSR count). The number of benzene rings is 1. The Hall–Kier alpha value is -0.830. The van der Waals surface area contributed by atoms with Gasteiger partial charge in [0.25, 0.3) is 0 Å².